The summed E-state index contributed by atoms with van der Waals surface area (Å²) in [6.07, 6.45) is 0.591. The van der Waals surface area contributed by atoms with Gasteiger partial charge < -0.3 is 26.2 Å². The van der Waals surface area contributed by atoms with E-state index in [-0.39, 0.29) is 72.1 Å². The smallest absolute Gasteiger partial charge is 0.394 e. The average Bonchev–Trinajstić information content (AvgIpc) is 3.35. The number of nitrogens with one attached hydrogen (secondary N) is 2. The summed E-state index contributed by atoms with van der Waals surface area (Å²) in [6, 6.07) is 37.2. The zero-order chi connectivity index (χ0) is 61.6. The zero-order valence-electron chi connectivity index (χ0n) is 44.3. The van der Waals surface area contributed by atoms with E-state index in [2.05, 4.69) is 121 Å². The predicted molar refractivity (Wildman–Crippen MR) is 350 cm³/mol. The van der Waals surface area contributed by atoms with Crippen molar-refractivity contribution >= 4 is 184 Å². The molecule has 0 radical (unpaired) electrons. The Labute approximate surface area is 535 Å². The lowest BCUT2D eigenvalue weighted by molar-refractivity contribution is -0.156. The molecule has 0 aliphatic carbocycles. The number of alkyl halides is 2. The molecule has 8 N–H and O–H groups in total. The lowest BCUT2D eigenvalue weighted by Gasteiger charge is -2.18. The van der Waals surface area contributed by atoms with E-state index in [1.807, 2.05) is 109 Å². The number of aromatic amines is 2. The maximum atomic E-state index is 11.4. The molecular weight excluding hydrogens is 1540 g/mol. The summed E-state index contributed by atoms with van der Waals surface area (Å²) < 4.78 is 41.5. The summed E-state index contributed by atoms with van der Waals surface area (Å²) in [6.45, 7) is 8.47. The molecule has 25 heteroatoms. The van der Waals surface area contributed by atoms with Crippen molar-refractivity contribution in [1.82, 2.24) is 9.97 Å². The largest absolute Gasteiger partial charge is 0.460 e. The molecule has 2 heterocycles. The third kappa shape index (κ3) is 36.8. The lowest BCUT2D eigenvalue weighted by atomic mass is 10.1. The molecule has 7 aromatic rings. The molecule has 0 amide bonds. The van der Waals surface area contributed by atoms with Crippen LogP contribution >= 0.6 is 112 Å². The van der Waals surface area contributed by atoms with Gasteiger partial charge in [0.1, 0.15) is 35.2 Å². The standard InChI is InChI=1S/C11H10Br2O2.C11H11BrO2.C10H7Br2NO.C10H9BrN2O.C8H14O3.C6H6BrN.CH4.H2O4S/c12-7-11(15)6-10(14)5-8-1-3-9(13)4-2-8;1-8(13)6-11(14)7-9-2-4-10(12)5-3-9;11-5-6-3-10(14)13-9-2-1-7(12)4-8(6)9;11-7-1-2-9-8(4-7)6(5-12)3-10(14)13-9;1-6(9)5-7(10)11-8(2,3)4;7-5-1-3-6(8)4-2-5;;1-5(2,3)4/h1-4H,5-7H2;2-5H,6-7H2,1H3;1-4H,5H2,(H,13,14);1-4H,5,12H2,(H,13,14);5H2,1-4H3;1-4H,8H2;1H4;(H2,1,2,3,4). The number of Topliss-reactive ketones (excluding diaryl/α,β-unsaturated/α-hetero) is 5. The monoisotopic (exact) mass is 1600 g/mol. The number of hydrogen-bond acceptors (Lipinski definition) is 13. The molecule has 17 nitrogen and oxygen atoms in total. The predicted octanol–water partition coefficient (Wildman–Crippen LogP) is 13.7. The average molecular weight is 1600 g/mol. The lowest BCUT2D eigenvalue weighted by Crippen LogP contribution is -2.24. The van der Waals surface area contributed by atoms with E-state index in [1.54, 1.807) is 26.8 Å². The number of carbonyl (C=O) groups excluding carboxylic acids is 6. The van der Waals surface area contributed by atoms with Gasteiger partial charge in [-0.2, -0.15) is 8.42 Å². The Morgan fingerprint density at radius 1 is 0.549 bits per heavy atom. The summed E-state index contributed by atoms with van der Waals surface area (Å²) in [5, 5.41) is 2.99. The molecule has 0 aliphatic heterocycles. The third-order valence-corrected chi connectivity index (χ3v) is 13.2. The first-order valence-corrected chi connectivity index (χ1v) is 31.2. The molecule has 2 aromatic heterocycles. The van der Waals surface area contributed by atoms with Crippen LogP contribution in [0.5, 0.6) is 0 Å². The highest BCUT2D eigenvalue weighted by Crippen LogP contribution is 2.23. The molecular formula is C57H63Br7N4O13S. The Morgan fingerprint density at radius 2 is 0.902 bits per heavy atom. The Balaban J connectivity index is 0.000000949. The van der Waals surface area contributed by atoms with Crippen LogP contribution in [0.1, 0.15) is 83.6 Å². The van der Waals surface area contributed by atoms with Crippen LogP contribution in [-0.2, 0) is 68.6 Å². The van der Waals surface area contributed by atoms with E-state index in [4.69, 9.17) is 33.7 Å². The van der Waals surface area contributed by atoms with Crippen molar-refractivity contribution in [2.45, 2.75) is 91.6 Å². The molecule has 0 spiro atoms. The Hall–Kier alpha value is -4.67. The Bertz CT molecular complexity index is 3320. The number of ether oxygens (including phenoxy) is 1. The van der Waals surface area contributed by atoms with Gasteiger partial charge in [0, 0.05) is 86.7 Å². The van der Waals surface area contributed by atoms with Crippen LogP contribution in [0.25, 0.3) is 21.8 Å². The number of halogens is 7. The third-order valence-electron chi connectivity index (χ3n) is 9.45. The molecule has 0 unspecified atom stereocenters. The molecule has 0 atom stereocenters. The number of nitrogens with two attached hydrogens (primary N) is 2. The molecule has 5 aromatic carbocycles. The Morgan fingerprint density at radius 3 is 1.24 bits per heavy atom. The van der Waals surface area contributed by atoms with Crippen LogP contribution in [-0.4, -0.2) is 73.3 Å². The molecule has 7 rings (SSSR count). The van der Waals surface area contributed by atoms with E-state index < -0.39 is 22.0 Å². The number of nitrogen functional groups attached to an aromatic ring is 1. The minimum atomic E-state index is -4.67. The van der Waals surface area contributed by atoms with Crippen molar-refractivity contribution in [3.05, 3.63) is 187 Å². The fourth-order valence-electron chi connectivity index (χ4n) is 6.24. The maximum Gasteiger partial charge on any atom is 0.394 e. The van der Waals surface area contributed by atoms with Gasteiger partial charge in [0.05, 0.1) is 18.2 Å². The minimum absolute atomic E-state index is 0. The van der Waals surface area contributed by atoms with Gasteiger partial charge in [0.2, 0.25) is 11.1 Å². The molecule has 0 aliphatic rings. The highest BCUT2D eigenvalue weighted by molar-refractivity contribution is 9.11. The number of ketones is 5. The summed E-state index contributed by atoms with van der Waals surface area (Å²) in [5.41, 5.74) is 16.5. The van der Waals surface area contributed by atoms with Crippen LogP contribution in [0.3, 0.4) is 0 Å². The van der Waals surface area contributed by atoms with Gasteiger partial charge >= 0.3 is 16.4 Å². The summed E-state index contributed by atoms with van der Waals surface area (Å²) in [4.78, 5) is 93.7. The van der Waals surface area contributed by atoms with E-state index in [9.17, 15) is 38.4 Å². The van der Waals surface area contributed by atoms with E-state index in [1.165, 1.54) is 19.9 Å². The highest BCUT2D eigenvalue weighted by Gasteiger charge is 2.17. The zero-order valence-corrected chi connectivity index (χ0v) is 56.2. The number of aromatic nitrogens is 2. The van der Waals surface area contributed by atoms with Gasteiger partial charge in [-0.3, -0.25) is 47.5 Å². The van der Waals surface area contributed by atoms with E-state index in [0.717, 1.165) is 72.1 Å². The first-order valence-electron chi connectivity index (χ1n) is 23.6. The number of fused-ring (bicyclic) bond motifs is 2. The molecule has 82 heavy (non-hydrogen) atoms. The number of pyridine rings is 2. The van der Waals surface area contributed by atoms with Crippen molar-refractivity contribution in [3.63, 3.8) is 0 Å². The number of hydrogen-bond donors (Lipinski definition) is 6. The fraction of sp³-hybridized carbons (Fsp3) is 0.263. The van der Waals surface area contributed by atoms with Gasteiger partial charge in [-0.05, 0) is 142 Å². The van der Waals surface area contributed by atoms with Gasteiger partial charge in [-0.25, -0.2) is 0 Å². The van der Waals surface area contributed by atoms with Gasteiger partial charge in [0.15, 0.2) is 5.78 Å². The SMILES string of the molecule is C.CC(=O)CC(=O)Cc1ccc(Br)cc1.CC(=O)CC(=O)OC(C)(C)C.NCc1cc(=O)[nH]c2ccc(Br)cc12.Nc1ccc(Br)cc1.O=C(CBr)CC(=O)Cc1ccc(Br)cc1.O=S(=O)(O)O.O=c1cc(CBr)c2cc(Br)ccc2[nH]1. The molecule has 0 saturated carbocycles. The van der Waals surface area contributed by atoms with Crippen molar-refractivity contribution in [2.24, 2.45) is 5.73 Å². The van der Waals surface area contributed by atoms with Crippen molar-refractivity contribution in [2.75, 3.05) is 11.1 Å². The second kappa shape index (κ2) is 39.8. The van der Waals surface area contributed by atoms with Crippen LogP contribution in [0.2, 0.25) is 0 Å². The quantitative estimate of drug-likeness (QED) is 0.0206. The van der Waals surface area contributed by atoms with Crippen molar-refractivity contribution in [3.8, 4) is 0 Å². The molecule has 0 fully saturated rings. The second-order valence-corrected chi connectivity index (χ2v) is 24.5. The summed E-state index contributed by atoms with van der Waals surface area (Å²) in [5.74, 6) is -0.838. The second-order valence-electron chi connectivity index (χ2n) is 17.9. The van der Waals surface area contributed by atoms with Gasteiger partial charge in [-0.15, -0.1) is 0 Å². The molecule has 444 valence electrons. The van der Waals surface area contributed by atoms with E-state index in [0.29, 0.717) is 24.7 Å². The van der Waals surface area contributed by atoms with Gasteiger partial charge in [-0.1, -0.05) is 143 Å². The topological polar surface area (TPSA) is 304 Å². The summed E-state index contributed by atoms with van der Waals surface area (Å²) in [7, 11) is -4.67. The maximum absolute atomic E-state index is 11.4. The van der Waals surface area contributed by atoms with Crippen LogP contribution < -0.4 is 22.6 Å². The Kier molecular flexibility index (Phi) is 37.5. The first-order chi connectivity index (χ1) is 37.7. The number of esters is 1. The van der Waals surface area contributed by atoms with Crippen LogP contribution in [0, 0.1) is 0 Å². The first kappa shape index (κ1) is 77.3. The highest BCUT2D eigenvalue weighted by atomic mass is 79.9. The number of anilines is 1. The number of carbonyl (C=O) groups is 6. The summed E-state index contributed by atoms with van der Waals surface area (Å²) >= 11 is 23.1. The number of benzene rings is 5. The van der Waals surface area contributed by atoms with Crippen LogP contribution in [0.15, 0.2) is 153 Å². The van der Waals surface area contributed by atoms with Crippen molar-refractivity contribution < 1.29 is 51.0 Å². The molecule has 0 saturated heterocycles. The number of H-pyrrole nitrogens is 2. The molecule has 0 bridgehead atoms. The van der Waals surface area contributed by atoms with E-state index >= 15 is 0 Å². The number of rotatable bonds is 13. The normalized spacial score (nSPS) is 10.2. The van der Waals surface area contributed by atoms with Crippen LogP contribution in [0.4, 0.5) is 5.69 Å². The van der Waals surface area contributed by atoms with Gasteiger partial charge in [0.25, 0.3) is 0 Å². The van der Waals surface area contributed by atoms with Crippen molar-refractivity contribution in [1.29, 1.82) is 0 Å². The minimum Gasteiger partial charge on any atom is -0.460 e. The fourth-order valence-corrected chi connectivity index (χ4v) is 8.42.